The molecule has 2 unspecified atom stereocenters. The molecule has 0 aromatic heterocycles. The third-order valence-corrected chi connectivity index (χ3v) is 6.24. The van der Waals surface area contributed by atoms with Crippen LogP contribution in [-0.2, 0) is 11.2 Å². The first-order valence-electron chi connectivity index (χ1n) is 18.9. The Morgan fingerprint density at radius 3 is 1.66 bits per heavy atom. The van der Waals surface area contributed by atoms with Gasteiger partial charge < -0.3 is 29.9 Å². The second-order valence-corrected chi connectivity index (χ2v) is 14.3. The molecule has 1 amide bonds. The number of allylic oxidation sites excluding steroid dienone is 2. The van der Waals surface area contributed by atoms with Crippen LogP contribution in [0.2, 0.25) is 0 Å². The van der Waals surface area contributed by atoms with Gasteiger partial charge >= 0.3 is 6.09 Å². The smallest absolute Gasteiger partial charge is 0.407 e. The third-order valence-electron chi connectivity index (χ3n) is 5.40. The first kappa shape index (κ1) is 55.7. The highest BCUT2D eigenvalue weighted by Crippen LogP contribution is 2.24. The van der Waals surface area contributed by atoms with Gasteiger partial charge in [0, 0.05) is 20.6 Å². The molecular formula is C43H71N5O6P2. The minimum Gasteiger partial charge on any atom is -0.509 e. The maximum atomic E-state index is 11.6. The molecule has 0 saturated carbocycles. The Bertz CT molecular complexity index is 1470. The molecule has 0 aliphatic carbocycles. The maximum absolute atomic E-state index is 11.6. The number of aromatic hydroxyl groups is 2. The highest BCUT2D eigenvalue weighted by atomic mass is 31.1. The van der Waals surface area contributed by atoms with Crippen LogP contribution in [0.5, 0.6) is 17.2 Å². The van der Waals surface area contributed by atoms with Gasteiger partial charge in [0.1, 0.15) is 28.6 Å². The first-order valence-corrected chi connectivity index (χ1v) is 20.3. The van der Waals surface area contributed by atoms with Crippen molar-refractivity contribution in [2.45, 2.75) is 101 Å². The van der Waals surface area contributed by atoms with E-state index in [0.29, 0.717) is 13.0 Å². The molecule has 2 atom stereocenters. The van der Waals surface area contributed by atoms with Gasteiger partial charge in [-0.25, -0.2) is 9.57 Å². The largest absolute Gasteiger partial charge is 0.509 e. The average Bonchev–Trinajstić information content (AvgIpc) is 3.14. The molecule has 0 aliphatic heterocycles. The number of amides is 1. The maximum Gasteiger partial charge on any atom is 0.407 e. The number of carbonyl (C=O) groups excluding carboxylic acids is 1. The van der Waals surface area contributed by atoms with Crippen LogP contribution in [0.15, 0.2) is 107 Å². The average molecular weight is 816 g/mol. The molecule has 0 bridgehead atoms. The van der Waals surface area contributed by atoms with Gasteiger partial charge in [-0.05, 0) is 126 Å². The summed E-state index contributed by atoms with van der Waals surface area (Å²) >= 11 is 0. The molecule has 3 rings (SSSR count). The fourth-order valence-electron chi connectivity index (χ4n) is 3.18. The van der Waals surface area contributed by atoms with Crippen LogP contribution in [0.1, 0.15) is 105 Å². The number of benzene rings is 3. The molecule has 3 aromatic rings. The zero-order chi connectivity index (χ0) is 43.4. The Kier molecular flexibility index (Phi) is 35.9. The van der Waals surface area contributed by atoms with E-state index in [-0.39, 0.29) is 26.2 Å². The summed E-state index contributed by atoms with van der Waals surface area (Å²) in [6.45, 7) is 23.8. The van der Waals surface area contributed by atoms with Crippen molar-refractivity contribution in [1.82, 2.24) is 14.9 Å². The zero-order valence-corrected chi connectivity index (χ0v) is 38.1. The number of ether oxygens (including phenoxy) is 1. The summed E-state index contributed by atoms with van der Waals surface area (Å²) in [6.07, 6.45) is 10.6. The van der Waals surface area contributed by atoms with E-state index >= 15 is 0 Å². The summed E-state index contributed by atoms with van der Waals surface area (Å²) < 4.78 is 14.3. The van der Waals surface area contributed by atoms with E-state index in [4.69, 9.17) is 19.5 Å². The van der Waals surface area contributed by atoms with E-state index < -0.39 is 11.7 Å². The van der Waals surface area contributed by atoms with Crippen molar-refractivity contribution in [1.29, 1.82) is 0 Å². The van der Waals surface area contributed by atoms with Crippen molar-refractivity contribution in [3.05, 3.63) is 114 Å². The molecule has 0 radical (unpaired) electrons. The SMILES string of the molecule is C=C(O)/C=C\CC.CC.CCC.CCC.CN(/N=C/c1ccc(O)cc1)POc1ccc(CCNC(=O)OC(C)(C)C)cc1.CN(P)/N=C/c1ccc(O)cc1. The lowest BCUT2D eigenvalue weighted by Gasteiger charge is -2.19. The normalized spacial score (nSPS) is 10.3. The standard InChI is InChI=1S/C21H28N3O4P.C8H11N2OP.C6H10O.2C3H8.C2H6/c1-21(2,3)27-20(26)22-14-13-16-7-11-19(12-8-16)28-29-24(4)23-15-17-5-9-18(25)10-6-17;1-10(12)9-6-7-2-4-8(11)5-3-7;1-3-4-5-6(2)7;2*1-3-2;1-2/h5-12,15,25,29H,13-14H2,1-4H3,(H,22,26);2-6,11H,12H2,1H3;4-5,7H,2-3H2,1H3;2*3H2,1-2H3;1-2H3/b23-15+;9-6+;5-4-;;;. The Morgan fingerprint density at radius 1 is 0.839 bits per heavy atom. The quantitative estimate of drug-likeness (QED) is 0.0466. The number of nitrogens with zero attached hydrogens (tertiary/aromatic N) is 4. The molecule has 0 spiro atoms. The Morgan fingerprint density at radius 2 is 1.29 bits per heavy atom. The van der Waals surface area contributed by atoms with E-state index in [1.54, 1.807) is 76.6 Å². The van der Waals surface area contributed by atoms with Crippen molar-refractivity contribution in [2.24, 2.45) is 10.2 Å². The Hall–Kier alpha value is -4.59. The molecule has 0 heterocycles. The lowest BCUT2D eigenvalue weighted by atomic mass is 10.1. The zero-order valence-electron chi connectivity index (χ0n) is 35.9. The lowest BCUT2D eigenvalue weighted by Crippen LogP contribution is -2.33. The summed E-state index contributed by atoms with van der Waals surface area (Å²) in [6, 6.07) is 21.4. The topological polar surface area (TPSA) is 139 Å². The van der Waals surface area contributed by atoms with E-state index in [0.717, 1.165) is 28.9 Å². The number of hydrazone groups is 2. The monoisotopic (exact) mass is 815 g/mol. The number of phenols is 2. The number of aliphatic hydroxyl groups is 1. The predicted molar refractivity (Wildman–Crippen MR) is 244 cm³/mol. The van der Waals surface area contributed by atoms with Crippen LogP contribution in [-0.4, -0.2) is 69.6 Å². The summed E-state index contributed by atoms with van der Waals surface area (Å²) in [7, 11) is 6.10. The van der Waals surface area contributed by atoms with Crippen LogP contribution in [0.3, 0.4) is 0 Å². The molecular weight excluding hydrogens is 744 g/mol. The van der Waals surface area contributed by atoms with Crippen molar-refractivity contribution in [2.75, 3.05) is 20.6 Å². The van der Waals surface area contributed by atoms with Crippen LogP contribution >= 0.6 is 18.3 Å². The number of hydrogen-bond acceptors (Lipinski definition) is 10. The molecule has 3 aromatic carbocycles. The number of hydrogen-bond donors (Lipinski definition) is 4. The second-order valence-electron chi connectivity index (χ2n) is 12.5. The molecule has 0 saturated heterocycles. The van der Waals surface area contributed by atoms with Crippen molar-refractivity contribution >= 4 is 36.9 Å². The molecule has 11 nitrogen and oxygen atoms in total. The van der Waals surface area contributed by atoms with Crippen LogP contribution < -0.4 is 9.84 Å². The van der Waals surface area contributed by atoms with E-state index in [9.17, 15) is 9.90 Å². The lowest BCUT2D eigenvalue weighted by molar-refractivity contribution is 0.0528. The predicted octanol–water partition coefficient (Wildman–Crippen LogP) is 11.6. The number of carbonyl (C=O) groups is 1. The van der Waals surface area contributed by atoms with Crippen LogP contribution in [0.25, 0.3) is 0 Å². The van der Waals surface area contributed by atoms with Gasteiger partial charge in [-0.3, -0.25) is 4.78 Å². The Balaban J connectivity index is -0.000000848. The van der Waals surface area contributed by atoms with Gasteiger partial charge in [-0.2, -0.15) is 10.2 Å². The van der Waals surface area contributed by atoms with Gasteiger partial charge in [0.2, 0.25) is 0 Å². The van der Waals surface area contributed by atoms with Gasteiger partial charge in [-0.1, -0.05) is 86.1 Å². The number of nitrogens with one attached hydrogen (secondary N) is 1. The van der Waals surface area contributed by atoms with Crippen LogP contribution in [0.4, 0.5) is 4.79 Å². The summed E-state index contributed by atoms with van der Waals surface area (Å²) in [5.41, 5.74) is 2.45. The van der Waals surface area contributed by atoms with E-state index in [1.807, 2.05) is 86.0 Å². The highest BCUT2D eigenvalue weighted by molar-refractivity contribution is 7.29. The molecule has 0 aliphatic rings. The summed E-state index contributed by atoms with van der Waals surface area (Å²) in [5, 5.41) is 37.7. The third kappa shape index (κ3) is 37.7. The molecule has 13 heteroatoms. The van der Waals surface area contributed by atoms with Crippen molar-refractivity contribution in [3.63, 3.8) is 0 Å². The Labute approximate surface area is 342 Å². The van der Waals surface area contributed by atoms with Gasteiger partial charge in [0.15, 0.2) is 8.96 Å². The number of phenolic OH excluding ortho intramolecular Hbond substituents is 2. The fourth-order valence-corrected chi connectivity index (χ4v) is 3.72. The summed E-state index contributed by atoms with van der Waals surface area (Å²) in [4.78, 5) is 11.6. The summed E-state index contributed by atoms with van der Waals surface area (Å²) in [5.74, 6) is 1.37. The number of aliphatic hydroxyl groups excluding tert-OH is 1. The van der Waals surface area contributed by atoms with Crippen molar-refractivity contribution < 1.29 is 29.4 Å². The van der Waals surface area contributed by atoms with E-state index in [2.05, 4.69) is 59.2 Å². The second kappa shape index (κ2) is 36.1. The molecule has 0 fully saturated rings. The number of rotatable bonds is 12. The van der Waals surface area contributed by atoms with E-state index in [1.165, 1.54) is 12.8 Å². The van der Waals surface area contributed by atoms with Gasteiger partial charge in [-0.15, -0.1) is 0 Å². The molecule has 56 heavy (non-hydrogen) atoms. The van der Waals surface area contributed by atoms with Crippen LogP contribution in [0, 0.1) is 0 Å². The van der Waals surface area contributed by atoms with Gasteiger partial charge in [0.25, 0.3) is 0 Å². The fraction of sp³-hybridized carbons (Fsp3) is 0.419. The van der Waals surface area contributed by atoms with Crippen molar-refractivity contribution in [3.8, 4) is 17.2 Å². The molecule has 4 N–H and O–H groups in total. The highest BCUT2D eigenvalue weighted by Gasteiger charge is 2.15. The minimum atomic E-state index is -0.495. The molecule has 314 valence electrons. The number of alkyl carbamates (subject to hydrolysis) is 1. The first-order chi connectivity index (χ1) is 26.5. The minimum absolute atomic E-state index is 0.0339. The van der Waals surface area contributed by atoms with Gasteiger partial charge in [0.05, 0.1) is 12.4 Å².